The largest absolute Gasteiger partial charge is 0.464 e. The van der Waals surface area contributed by atoms with E-state index >= 15 is 0 Å². The Morgan fingerprint density at radius 3 is 1.88 bits per heavy atom. The lowest BCUT2D eigenvalue weighted by Crippen LogP contribution is -2.47. The van der Waals surface area contributed by atoms with Crippen LogP contribution in [0.15, 0.2) is 12.1 Å². The Morgan fingerprint density at radius 2 is 1.41 bits per heavy atom. The fourth-order valence-corrected chi connectivity index (χ4v) is 3.10. The monoisotopic (exact) mass is 567 g/mol. The van der Waals surface area contributed by atoms with E-state index in [1.165, 1.54) is 14.2 Å². The Hall–Kier alpha value is -1.79. The second-order valence-electron chi connectivity index (χ2n) is 8.93. The van der Waals surface area contributed by atoms with Gasteiger partial charge in [-0.25, -0.2) is 9.59 Å². The molecule has 0 saturated carbocycles. The molecule has 10 heteroatoms. The summed E-state index contributed by atoms with van der Waals surface area (Å²) >= 11 is 2.13. The molecule has 0 unspecified atom stereocenters. The van der Waals surface area contributed by atoms with Crippen LogP contribution in [0.5, 0.6) is 11.5 Å². The lowest BCUT2D eigenvalue weighted by atomic mass is 10.0. The highest BCUT2D eigenvalue weighted by Gasteiger charge is 2.30. The summed E-state index contributed by atoms with van der Waals surface area (Å²) in [6, 6.07) is 2.53. The third kappa shape index (κ3) is 10.7. The lowest BCUT2D eigenvalue weighted by Gasteiger charge is -2.26. The average Bonchev–Trinajstić information content (AvgIpc) is 2.63. The van der Waals surface area contributed by atoms with E-state index in [-0.39, 0.29) is 20.0 Å². The van der Waals surface area contributed by atoms with Crippen LogP contribution in [0, 0.1) is 3.57 Å². The fraction of sp³-hybridized carbons (Fsp3) is 0.636. The van der Waals surface area contributed by atoms with Crippen molar-refractivity contribution in [2.75, 3.05) is 27.8 Å². The minimum atomic E-state index is -0.974. The van der Waals surface area contributed by atoms with Gasteiger partial charge in [-0.2, -0.15) is 0 Å². The third-order valence-corrected chi connectivity index (χ3v) is 4.59. The van der Waals surface area contributed by atoms with Gasteiger partial charge in [0.2, 0.25) is 0 Å². The van der Waals surface area contributed by atoms with Crippen molar-refractivity contribution < 1.29 is 38.0 Å². The van der Waals surface area contributed by atoms with E-state index in [0.29, 0.717) is 11.5 Å². The van der Waals surface area contributed by atoms with E-state index in [1.807, 2.05) is 0 Å². The first-order chi connectivity index (χ1) is 14.8. The van der Waals surface area contributed by atoms with Crippen molar-refractivity contribution in [2.24, 2.45) is 0 Å². The van der Waals surface area contributed by atoms with E-state index in [0.717, 1.165) is 9.13 Å². The van der Waals surface area contributed by atoms with Crippen molar-refractivity contribution in [3.8, 4) is 11.5 Å². The van der Waals surface area contributed by atoms with Gasteiger partial charge in [-0.05, 0) is 81.8 Å². The molecule has 0 radical (unpaired) electrons. The number of rotatable bonds is 10. The molecule has 32 heavy (non-hydrogen) atoms. The van der Waals surface area contributed by atoms with Crippen LogP contribution in [0.2, 0.25) is 0 Å². The molecule has 182 valence electrons. The topological polar surface area (TPSA) is 102 Å². The van der Waals surface area contributed by atoms with Crippen LogP contribution in [-0.2, 0) is 30.2 Å². The van der Waals surface area contributed by atoms with Gasteiger partial charge in [0.05, 0.1) is 0 Å². The van der Waals surface area contributed by atoms with Crippen LogP contribution < -0.4 is 14.8 Å². The maximum atomic E-state index is 12.9. The van der Waals surface area contributed by atoms with Crippen LogP contribution in [0.25, 0.3) is 0 Å². The molecule has 1 aromatic rings. The van der Waals surface area contributed by atoms with Crippen LogP contribution in [0.3, 0.4) is 0 Å². The number of benzene rings is 1. The van der Waals surface area contributed by atoms with Crippen LogP contribution in [-0.4, -0.2) is 57.1 Å². The van der Waals surface area contributed by atoms with Gasteiger partial charge < -0.3 is 33.7 Å². The van der Waals surface area contributed by atoms with Crippen molar-refractivity contribution in [1.82, 2.24) is 5.32 Å². The predicted octanol–water partition coefficient (Wildman–Crippen LogP) is 4.03. The molecule has 0 fully saturated rings. The molecule has 0 saturated heterocycles. The van der Waals surface area contributed by atoms with E-state index in [1.54, 1.807) is 53.7 Å². The van der Waals surface area contributed by atoms with Gasteiger partial charge in [0.1, 0.15) is 17.2 Å². The number of esters is 1. The minimum Gasteiger partial charge on any atom is -0.464 e. The van der Waals surface area contributed by atoms with E-state index in [4.69, 9.17) is 28.4 Å². The number of hydrogen-bond donors (Lipinski definition) is 1. The van der Waals surface area contributed by atoms with E-state index < -0.39 is 29.3 Å². The highest BCUT2D eigenvalue weighted by molar-refractivity contribution is 14.1. The zero-order valence-electron chi connectivity index (χ0n) is 20.0. The standard InChI is InChI=1S/C22H34INO8/c1-21(2,3)31-19(25)16(24-20(26)32-22(4,5)6)9-14-10-17(29-12-27-7)18(11-15(14)23)30-13-28-8/h10-11,16H,9,12-13H2,1-8H3,(H,24,26)/t16-/m0/s1. The number of carbonyl (C=O) groups is 2. The van der Waals surface area contributed by atoms with Crippen LogP contribution in [0.4, 0.5) is 4.79 Å². The van der Waals surface area contributed by atoms with Crippen molar-refractivity contribution >= 4 is 34.7 Å². The third-order valence-electron chi connectivity index (χ3n) is 3.58. The normalized spacial score (nSPS) is 12.7. The Balaban J connectivity index is 3.22. The number of methoxy groups -OCH3 is 2. The second kappa shape index (κ2) is 12.4. The first-order valence-corrected chi connectivity index (χ1v) is 11.1. The van der Waals surface area contributed by atoms with Crippen molar-refractivity contribution in [3.63, 3.8) is 0 Å². The van der Waals surface area contributed by atoms with Crippen molar-refractivity contribution in [1.29, 1.82) is 0 Å². The number of alkyl carbamates (subject to hydrolysis) is 1. The van der Waals surface area contributed by atoms with Gasteiger partial charge in [-0.15, -0.1) is 0 Å². The van der Waals surface area contributed by atoms with Gasteiger partial charge >= 0.3 is 12.1 Å². The Morgan fingerprint density at radius 1 is 0.906 bits per heavy atom. The second-order valence-corrected chi connectivity index (χ2v) is 10.1. The molecule has 0 aliphatic carbocycles. The summed E-state index contributed by atoms with van der Waals surface area (Å²) < 4.78 is 32.8. The summed E-state index contributed by atoms with van der Waals surface area (Å²) in [6.45, 7) is 10.6. The summed E-state index contributed by atoms with van der Waals surface area (Å²) in [4.78, 5) is 25.2. The molecule has 1 amide bonds. The van der Waals surface area contributed by atoms with Gasteiger partial charge in [0.25, 0.3) is 0 Å². The molecule has 1 atom stereocenters. The quantitative estimate of drug-likeness (QED) is 0.257. The highest BCUT2D eigenvalue weighted by atomic mass is 127. The zero-order chi connectivity index (χ0) is 24.5. The minimum absolute atomic E-state index is 0.00896. The maximum Gasteiger partial charge on any atom is 0.408 e. The fourth-order valence-electron chi connectivity index (χ4n) is 2.44. The number of ether oxygens (including phenoxy) is 6. The van der Waals surface area contributed by atoms with Gasteiger partial charge in [0, 0.05) is 24.2 Å². The number of amides is 1. The van der Waals surface area contributed by atoms with Crippen molar-refractivity contribution in [3.05, 3.63) is 21.3 Å². The number of hydrogen-bond acceptors (Lipinski definition) is 8. The lowest BCUT2D eigenvalue weighted by molar-refractivity contribution is -0.157. The molecule has 0 bridgehead atoms. The molecular formula is C22H34INO8. The summed E-state index contributed by atoms with van der Waals surface area (Å²) in [5.74, 6) is 0.309. The molecule has 0 aromatic heterocycles. The zero-order valence-corrected chi connectivity index (χ0v) is 22.2. The molecule has 9 nitrogen and oxygen atoms in total. The smallest absolute Gasteiger partial charge is 0.408 e. The van der Waals surface area contributed by atoms with Crippen LogP contribution >= 0.6 is 22.6 Å². The molecule has 0 heterocycles. The van der Waals surface area contributed by atoms with Crippen LogP contribution in [0.1, 0.15) is 47.1 Å². The maximum absolute atomic E-state index is 12.9. The number of carbonyl (C=O) groups excluding carboxylic acids is 2. The molecule has 1 aromatic carbocycles. The summed E-state index contributed by atoms with van der Waals surface area (Å²) in [7, 11) is 3.02. The summed E-state index contributed by atoms with van der Waals surface area (Å²) in [5.41, 5.74) is -0.686. The number of halogens is 1. The first-order valence-electron chi connectivity index (χ1n) is 10.0. The average molecular weight is 567 g/mol. The molecule has 0 aliphatic heterocycles. The molecular weight excluding hydrogens is 533 g/mol. The molecule has 1 N–H and O–H groups in total. The summed E-state index contributed by atoms with van der Waals surface area (Å²) in [6.07, 6.45) is -0.556. The molecule has 0 spiro atoms. The summed E-state index contributed by atoms with van der Waals surface area (Å²) in [5, 5.41) is 2.63. The molecule has 1 rings (SSSR count). The van der Waals surface area contributed by atoms with E-state index in [9.17, 15) is 9.59 Å². The highest BCUT2D eigenvalue weighted by Crippen LogP contribution is 2.33. The Labute approximate surface area is 203 Å². The molecule has 0 aliphatic rings. The van der Waals surface area contributed by atoms with Gasteiger partial charge in [-0.3, -0.25) is 0 Å². The Bertz CT molecular complexity index is 770. The van der Waals surface area contributed by atoms with E-state index in [2.05, 4.69) is 27.9 Å². The first kappa shape index (κ1) is 28.2. The predicted molar refractivity (Wildman–Crippen MR) is 127 cm³/mol. The number of nitrogens with one attached hydrogen (secondary N) is 1. The van der Waals surface area contributed by atoms with Crippen molar-refractivity contribution in [2.45, 2.75) is 65.2 Å². The SMILES string of the molecule is COCOc1cc(I)c(C[C@H](NC(=O)OC(C)(C)C)C(=O)OC(C)(C)C)cc1OCOC. The Kier molecular flexibility index (Phi) is 11.0. The van der Waals surface area contributed by atoms with Gasteiger partial charge in [-0.1, -0.05) is 0 Å². The van der Waals surface area contributed by atoms with Gasteiger partial charge in [0.15, 0.2) is 25.1 Å².